The second-order valence-corrected chi connectivity index (χ2v) is 6.63. The first-order valence-corrected chi connectivity index (χ1v) is 8.89. The number of aromatic hydroxyl groups is 1. The molecule has 1 saturated heterocycles. The number of nitrogens with zero attached hydrogens (tertiary/aromatic N) is 1. The first kappa shape index (κ1) is 18.0. The number of likely N-dealkylation sites (tertiary alicyclic amines) is 1. The molecule has 2 aromatic rings. The molecular formula is C21H23NO4. The molecule has 1 amide bonds. The van der Waals surface area contributed by atoms with Crippen molar-refractivity contribution in [1.29, 1.82) is 0 Å². The van der Waals surface area contributed by atoms with E-state index in [1.807, 2.05) is 30.3 Å². The monoisotopic (exact) mass is 353 g/mol. The highest BCUT2D eigenvalue weighted by Crippen LogP contribution is 2.23. The van der Waals surface area contributed by atoms with E-state index in [2.05, 4.69) is 0 Å². The molecule has 0 saturated carbocycles. The zero-order chi connectivity index (χ0) is 18.4. The number of esters is 1. The second kappa shape index (κ2) is 8.52. The van der Waals surface area contributed by atoms with Crippen LogP contribution in [0, 0.1) is 5.92 Å². The van der Waals surface area contributed by atoms with Crippen LogP contribution in [0.15, 0.2) is 54.6 Å². The Balaban J connectivity index is 1.42. The lowest BCUT2D eigenvalue weighted by molar-refractivity contribution is -0.146. The van der Waals surface area contributed by atoms with Gasteiger partial charge in [0.25, 0.3) is 5.91 Å². The summed E-state index contributed by atoms with van der Waals surface area (Å²) in [6.07, 6.45) is 1.99. The van der Waals surface area contributed by atoms with Gasteiger partial charge in [-0.3, -0.25) is 9.59 Å². The topological polar surface area (TPSA) is 66.8 Å². The molecule has 1 aliphatic heterocycles. The third kappa shape index (κ3) is 4.85. The summed E-state index contributed by atoms with van der Waals surface area (Å²) >= 11 is 0. The van der Waals surface area contributed by atoms with Gasteiger partial charge in [0.1, 0.15) is 12.4 Å². The lowest BCUT2D eigenvalue weighted by Gasteiger charge is -2.31. The predicted molar refractivity (Wildman–Crippen MR) is 97.6 cm³/mol. The lowest BCUT2D eigenvalue weighted by atomic mass is 9.93. The molecule has 0 unspecified atom stereocenters. The molecule has 0 aliphatic carbocycles. The highest BCUT2D eigenvalue weighted by molar-refractivity contribution is 5.94. The molecule has 2 aromatic carbocycles. The molecule has 1 aliphatic rings. The molecule has 1 heterocycles. The summed E-state index contributed by atoms with van der Waals surface area (Å²) < 4.78 is 5.34. The van der Waals surface area contributed by atoms with Gasteiger partial charge in [-0.1, -0.05) is 30.3 Å². The molecule has 26 heavy (non-hydrogen) atoms. The van der Waals surface area contributed by atoms with E-state index in [0.29, 0.717) is 31.7 Å². The summed E-state index contributed by atoms with van der Waals surface area (Å²) in [5.41, 5.74) is 1.55. The third-order valence-corrected chi connectivity index (χ3v) is 4.71. The van der Waals surface area contributed by atoms with Crippen LogP contribution in [-0.4, -0.2) is 35.0 Å². The van der Waals surface area contributed by atoms with E-state index in [9.17, 15) is 14.7 Å². The first-order chi connectivity index (χ1) is 12.6. The third-order valence-electron chi connectivity index (χ3n) is 4.71. The van der Waals surface area contributed by atoms with E-state index >= 15 is 0 Å². The van der Waals surface area contributed by atoms with Crippen molar-refractivity contribution in [3.05, 3.63) is 65.7 Å². The Morgan fingerprint density at radius 3 is 2.31 bits per heavy atom. The van der Waals surface area contributed by atoms with Crippen LogP contribution in [-0.2, 0) is 16.1 Å². The van der Waals surface area contributed by atoms with Crippen LogP contribution in [0.5, 0.6) is 5.75 Å². The summed E-state index contributed by atoms with van der Waals surface area (Å²) in [4.78, 5) is 26.3. The molecule has 0 atom stereocenters. The Hall–Kier alpha value is -2.82. The van der Waals surface area contributed by atoms with E-state index < -0.39 is 0 Å². The number of benzene rings is 2. The second-order valence-electron chi connectivity index (χ2n) is 6.63. The summed E-state index contributed by atoms with van der Waals surface area (Å²) in [7, 11) is 0. The number of piperidine rings is 1. The lowest BCUT2D eigenvalue weighted by Crippen LogP contribution is -2.39. The molecule has 0 spiro atoms. The molecule has 1 N–H and O–H groups in total. The van der Waals surface area contributed by atoms with E-state index in [4.69, 9.17) is 4.74 Å². The predicted octanol–water partition coefficient (Wildman–Crippen LogP) is 3.38. The van der Waals surface area contributed by atoms with Crippen LogP contribution in [0.25, 0.3) is 0 Å². The van der Waals surface area contributed by atoms with Crippen LogP contribution < -0.4 is 0 Å². The van der Waals surface area contributed by atoms with Crippen molar-refractivity contribution in [2.24, 2.45) is 5.92 Å². The van der Waals surface area contributed by atoms with Crippen LogP contribution in [0.2, 0.25) is 0 Å². The number of amides is 1. The van der Waals surface area contributed by atoms with Crippen molar-refractivity contribution >= 4 is 11.9 Å². The van der Waals surface area contributed by atoms with E-state index in [1.54, 1.807) is 17.0 Å². The maximum Gasteiger partial charge on any atom is 0.306 e. The number of hydrogen-bond donors (Lipinski definition) is 1. The standard InChI is InChI=1S/C21H23NO4/c23-19-8-6-18(7-9-19)21(25)22-12-10-16(11-13-22)14-20(24)26-15-17-4-2-1-3-5-17/h1-9,16,23H,10-15H2. The fourth-order valence-corrected chi connectivity index (χ4v) is 3.16. The summed E-state index contributed by atoms with van der Waals surface area (Å²) in [6, 6.07) is 15.9. The Bertz CT molecular complexity index is 734. The summed E-state index contributed by atoms with van der Waals surface area (Å²) in [5, 5.41) is 9.32. The van der Waals surface area contributed by atoms with Crippen molar-refractivity contribution < 1.29 is 19.4 Å². The van der Waals surface area contributed by atoms with Gasteiger partial charge >= 0.3 is 5.97 Å². The minimum absolute atomic E-state index is 0.0323. The molecule has 0 bridgehead atoms. The average Bonchev–Trinajstić information content (AvgIpc) is 2.68. The summed E-state index contributed by atoms with van der Waals surface area (Å²) in [6.45, 7) is 1.57. The van der Waals surface area contributed by atoms with Gasteiger partial charge in [-0.15, -0.1) is 0 Å². The fraction of sp³-hybridized carbons (Fsp3) is 0.333. The SMILES string of the molecule is O=C(CC1CCN(C(=O)c2ccc(O)cc2)CC1)OCc1ccccc1. The van der Waals surface area contributed by atoms with Gasteiger partial charge in [-0.25, -0.2) is 0 Å². The molecule has 0 radical (unpaired) electrons. The van der Waals surface area contributed by atoms with Crippen molar-refractivity contribution in [3.8, 4) is 5.75 Å². The Morgan fingerprint density at radius 1 is 1.00 bits per heavy atom. The highest BCUT2D eigenvalue weighted by atomic mass is 16.5. The van der Waals surface area contributed by atoms with Crippen LogP contribution in [0.3, 0.4) is 0 Å². The van der Waals surface area contributed by atoms with Gasteiger partial charge in [0.2, 0.25) is 0 Å². The largest absolute Gasteiger partial charge is 0.508 e. The number of phenols is 1. The molecule has 1 fully saturated rings. The maximum atomic E-state index is 12.5. The number of rotatable bonds is 5. The Labute approximate surface area is 153 Å². The maximum absolute atomic E-state index is 12.5. The zero-order valence-corrected chi connectivity index (χ0v) is 14.6. The van der Waals surface area contributed by atoms with Crippen LogP contribution in [0.1, 0.15) is 35.2 Å². The van der Waals surface area contributed by atoms with Gasteiger partial charge in [0.05, 0.1) is 0 Å². The van der Waals surface area contributed by atoms with E-state index in [-0.39, 0.29) is 23.5 Å². The smallest absolute Gasteiger partial charge is 0.306 e. The number of carbonyl (C=O) groups is 2. The molecule has 136 valence electrons. The first-order valence-electron chi connectivity index (χ1n) is 8.89. The van der Waals surface area contributed by atoms with Crippen molar-refractivity contribution in [2.45, 2.75) is 25.9 Å². The van der Waals surface area contributed by atoms with Crippen LogP contribution >= 0.6 is 0 Å². The quantitative estimate of drug-likeness (QED) is 0.837. The van der Waals surface area contributed by atoms with Gasteiger partial charge in [-0.2, -0.15) is 0 Å². The molecule has 5 heteroatoms. The normalized spacial score (nSPS) is 14.8. The molecule has 5 nitrogen and oxygen atoms in total. The molecule has 3 rings (SSSR count). The van der Waals surface area contributed by atoms with Gasteiger partial charge < -0.3 is 14.7 Å². The van der Waals surface area contributed by atoms with Crippen molar-refractivity contribution in [2.75, 3.05) is 13.1 Å². The molecule has 0 aromatic heterocycles. The number of carbonyl (C=O) groups excluding carboxylic acids is 2. The van der Waals surface area contributed by atoms with Crippen LogP contribution in [0.4, 0.5) is 0 Å². The average molecular weight is 353 g/mol. The van der Waals surface area contributed by atoms with Gasteiger partial charge in [0, 0.05) is 25.1 Å². The summed E-state index contributed by atoms with van der Waals surface area (Å²) in [5.74, 6) is 0.184. The highest BCUT2D eigenvalue weighted by Gasteiger charge is 2.25. The number of ether oxygens (including phenoxy) is 1. The van der Waals surface area contributed by atoms with E-state index in [0.717, 1.165) is 18.4 Å². The Morgan fingerprint density at radius 2 is 1.65 bits per heavy atom. The number of phenolic OH excluding ortho intramolecular Hbond substituents is 1. The zero-order valence-electron chi connectivity index (χ0n) is 14.6. The van der Waals surface area contributed by atoms with Gasteiger partial charge in [0.15, 0.2) is 0 Å². The van der Waals surface area contributed by atoms with E-state index in [1.165, 1.54) is 12.1 Å². The minimum Gasteiger partial charge on any atom is -0.508 e. The minimum atomic E-state index is -0.183. The number of hydrogen-bond acceptors (Lipinski definition) is 4. The van der Waals surface area contributed by atoms with Crippen molar-refractivity contribution in [3.63, 3.8) is 0 Å². The fourth-order valence-electron chi connectivity index (χ4n) is 3.16. The van der Waals surface area contributed by atoms with Crippen molar-refractivity contribution in [1.82, 2.24) is 4.90 Å². The Kier molecular flexibility index (Phi) is 5.89. The van der Waals surface area contributed by atoms with Gasteiger partial charge in [-0.05, 0) is 48.6 Å². The molecular weight excluding hydrogens is 330 g/mol.